The van der Waals surface area contributed by atoms with Gasteiger partial charge in [-0.1, -0.05) is 24.3 Å². The second-order valence-electron chi connectivity index (χ2n) is 6.16. The van der Waals surface area contributed by atoms with Crippen LogP contribution in [0.25, 0.3) is 0 Å². The van der Waals surface area contributed by atoms with Crippen molar-refractivity contribution in [1.29, 1.82) is 0 Å². The lowest BCUT2D eigenvalue weighted by atomic mass is 10.0. The first-order valence-corrected chi connectivity index (χ1v) is 8.07. The summed E-state index contributed by atoms with van der Waals surface area (Å²) in [5, 5.41) is 10.5. The predicted octanol–water partition coefficient (Wildman–Crippen LogP) is 3.38. The van der Waals surface area contributed by atoms with E-state index < -0.39 is 6.10 Å². The molecular formula is C19H21F2NO2. The van der Waals surface area contributed by atoms with Crippen LogP contribution in [0.1, 0.15) is 28.9 Å². The zero-order valence-corrected chi connectivity index (χ0v) is 13.6. The Bertz CT molecular complexity index is 708. The maximum Gasteiger partial charge on any atom is 0.129 e. The van der Waals surface area contributed by atoms with Crippen molar-refractivity contribution in [3.8, 4) is 0 Å². The molecule has 0 radical (unpaired) electrons. The lowest BCUT2D eigenvalue weighted by molar-refractivity contribution is -0.0438. The molecule has 1 heterocycles. The zero-order chi connectivity index (χ0) is 17.1. The minimum atomic E-state index is -0.718. The van der Waals surface area contributed by atoms with Crippen LogP contribution in [0.5, 0.6) is 0 Å². The minimum absolute atomic E-state index is 0.278. The lowest BCUT2D eigenvalue weighted by Gasteiger charge is -2.34. The Balaban J connectivity index is 1.68. The van der Waals surface area contributed by atoms with Gasteiger partial charge in [0.15, 0.2) is 0 Å². The second kappa shape index (κ2) is 7.38. The standard InChI is InChI=1S/C19H21F2NO2/c1-13-10-14(20)6-7-15(13)18(23)11-22-8-9-24-19(12-22)16-4-2-3-5-17(16)21/h2-7,10,18-19,23H,8-9,11-12H2,1H3. The molecule has 3 nitrogen and oxygen atoms in total. The number of benzene rings is 2. The Labute approximate surface area is 140 Å². The molecule has 0 spiro atoms. The zero-order valence-electron chi connectivity index (χ0n) is 13.6. The van der Waals surface area contributed by atoms with E-state index in [0.717, 1.165) is 5.56 Å². The van der Waals surface area contributed by atoms with Crippen LogP contribution in [-0.2, 0) is 4.74 Å². The number of halogens is 2. The van der Waals surface area contributed by atoms with Crippen LogP contribution in [0.3, 0.4) is 0 Å². The number of aliphatic hydroxyl groups is 1. The van der Waals surface area contributed by atoms with Gasteiger partial charge in [0.05, 0.1) is 18.8 Å². The molecule has 2 aromatic rings. The van der Waals surface area contributed by atoms with E-state index in [2.05, 4.69) is 0 Å². The first kappa shape index (κ1) is 17.0. The number of hydrogen-bond donors (Lipinski definition) is 1. The van der Waals surface area contributed by atoms with Crippen LogP contribution in [0, 0.1) is 18.6 Å². The Hall–Kier alpha value is -1.82. The molecule has 1 N–H and O–H groups in total. The summed E-state index contributed by atoms with van der Waals surface area (Å²) in [5.74, 6) is -0.589. The van der Waals surface area contributed by atoms with Gasteiger partial charge < -0.3 is 9.84 Å². The third-order valence-corrected chi connectivity index (χ3v) is 4.42. The van der Waals surface area contributed by atoms with Crippen LogP contribution in [0.4, 0.5) is 8.78 Å². The fourth-order valence-electron chi connectivity index (χ4n) is 3.15. The predicted molar refractivity (Wildman–Crippen MR) is 87.6 cm³/mol. The molecule has 1 aliphatic rings. The third kappa shape index (κ3) is 3.80. The van der Waals surface area contributed by atoms with E-state index >= 15 is 0 Å². The number of β-amino-alcohol motifs (C(OH)–C–C–N with tert-alkyl or cyclic N) is 1. The summed E-state index contributed by atoms with van der Waals surface area (Å²) in [5.41, 5.74) is 1.97. The molecule has 2 unspecified atom stereocenters. The van der Waals surface area contributed by atoms with E-state index in [4.69, 9.17) is 4.74 Å². The smallest absolute Gasteiger partial charge is 0.129 e. The van der Waals surface area contributed by atoms with Crippen LogP contribution in [0.2, 0.25) is 0 Å². The molecule has 1 aliphatic heterocycles. The van der Waals surface area contributed by atoms with Crippen LogP contribution in [0.15, 0.2) is 42.5 Å². The number of hydrogen-bond acceptors (Lipinski definition) is 3. The molecular weight excluding hydrogens is 312 g/mol. The number of nitrogens with zero attached hydrogens (tertiary/aromatic N) is 1. The van der Waals surface area contributed by atoms with Crippen LogP contribution in [-0.4, -0.2) is 36.2 Å². The van der Waals surface area contributed by atoms with Gasteiger partial charge in [0.1, 0.15) is 11.6 Å². The molecule has 3 rings (SSSR count). The molecule has 24 heavy (non-hydrogen) atoms. The van der Waals surface area contributed by atoms with Crippen LogP contribution < -0.4 is 0 Å². The number of aliphatic hydroxyl groups excluding tert-OH is 1. The van der Waals surface area contributed by atoms with Gasteiger partial charge in [-0.25, -0.2) is 8.78 Å². The van der Waals surface area contributed by atoms with Crippen molar-refractivity contribution < 1.29 is 18.6 Å². The van der Waals surface area contributed by atoms with Gasteiger partial charge in [0, 0.05) is 25.2 Å². The fourth-order valence-corrected chi connectivity index (χ4v) is 3.15. The fraction of sp³-hybridized carbons (Fsp3) is 0.368. The Morgan fingerprint density at radius 1 is 1.25 bits per heavy atom. The molecule has 128 valence electrons. The van der Waals surface area contributed by atoms with Crippen molar-refractivity contribution in [2.75, 3.05) is 26.2 Å². The van der Waals surface area contributed by atoms with Gasteiger partial charge in [-0.3, -0.25) is 4.90 Å². The minimum Gasteiger partial charge on any atom is -0.387 e. The largest absolute Gasteiger partial charge is 0.387 e. The van der Waals surface area contributed by atoms with Gasteiger partial charge in [0.2, 0.25) is 0 Å². The Morgan fingerprint density at radius 2 is 2.04 bits per heavy atom. The molecule has 0 amide bonds. The maximum atomic E-state index is 13.9. The highest BCUT2D eigenvalue weighted by Crippen LogP contribution is 2.26. The topological polar surface area (TPSA) is 32.7 Å². The van der Waals surface area contributed by atoms with E-state index in [1.54, 1.807) is 31.2 Å². The van der Waals surface area contributed by atoms with Crippen molar-refractivity contribution in [2.24, 2.45) is 0 Å². The molecule has 0 aliphatic carbocycles. The monoisotopic (exact) mass is 333 g/mol. The highest BCUT2D eigenvalue weighted by Gasteiger charge is 2.26. The number of rotatable bonds is 4. The van der Waals surface area contributed by atoms with E-state index in [9.17, 15) is 13.9 Å². The summed E-state index contributed by atoms with van der Waals surface area (Å²) >= 11 is 0. The highest BCUT2D eigenvalue weighted by molar-refractivity contribution is 5.28. The maximum absolute atomic E-state index is 13.9. The summed E-state index contributed by atoms with van der Waals surface area (Å²) in [4.78, 5) is 2.05. The average molecular weight is 333 g/mol. The van der Waals surface area contributed by atoms with Crippen molar-refractivity contribution in [1.82, 2.24) is 4.90 Å². The third-order valence-electron chi connectivity index (χ3n) is 4.42. The van der Waals surface area contributed by atoms with E-state index in [0.29, 0.717) is 37.4 Å². The van der Waals surface area contributed by atoms with E-state index in [1.165, 1.54) is 18.2 Å². The van der Waals surface area contributed by atoms with Crippen molar-refractivity contribution >= 4 is 0 Å². The van der Waals surface area contributed by atoms with Crippen molar-refractivity contribution in [3.05, 3.63) is 70.8 Å². The molecule has 0 bridgehead atoms. The summed E-state index contributed by atoms with van der Waals surface area (Å²) < 4.78 is 32.8. The van der Waals surface area contributed by atoms with Crippen LogP contribution >= 0.6 is 0 Å². The molecule has 2 aromatic carbocycles. The van der Waals surface area contributed by atoms with E-state index in [-0.39, 0.29) is 17.7 Å². The molecule has 2 atom stereocenters. The lowest BCUT2D eigenvalue weighted by Crippen LogP contribution is -2.40. The Morgan fingerprint density at radius 3 is 2.79 bits per heavy atom. The average Bonchev–Trinajstić information content (AvgIpc) is 2.55. The van der Waals surface area contributed by atoms with Crippen molar-refractivity contribution in [3.63, 3.8) is 0 Å². The van der Waals surface area contributed by atoms with Gasteiger partial charge in [-0.2, -0.15) is 0 Å². The summed E-state index contributed by atoms with van der Waals surface area (Å²) in [6.07, 6.45) is -1.06. The Kier molecular flexibility index (Phi) is 5.23. The molecule has 1 saturated heterocycles. The molecule has 0 aromatic heterocycles. The number of morpholine rings is 1. The molecule has 5 heteroatoms. The van der Waals surface area contributed by atoms with Gasteiger partial charge in [0.25, 0.3) is 0 Å². The first-order chi connectivity index (χ1) is 11.5. The molecule has 1 fully saturated rings. The summed E-state index contributed by atoms with van der Waals surface area (Å²) in [6.45, 7) is 3.85. The summed E-state index contributed by atoms with van der Waals surface area (Å²) in [6, 6.07) is 11.0. The SMILES string of the molecule is Cc1cc(F)ccc1C(O)CN1CCOC(c2ccccc2F)C1. The second-order valence-corrected chi connectivity index (χ2v) is 6.16. The summed E-state index contributed by atoms with van der Waals surface area (Å²) in [7, 11) is 0. The quantitative estimate of drug-likeness (QED) is 0.931. The van der Waals surface area contributed by atoms with Gasteiger partial charge in [-0.15, -0.1) is 0 Å². The number of aryl methyl sites for hydroxylation is 1. The highest BCUT2D eigenvalue weighted by atomic mass is 19.1. The molecule has 0 saturated carbocycles. The normalized spacial score (nSPS) is 20.1. The van der Waals surface area contributed by atoms with E-state index in [1.807, 2.05) is 4.90 Å². The number of ether oxygens (including phenoxy) is 1. The van der Waals surface area contributed by atoms with Gasteiger partial charge >= 0.3 is 0 Å². The van der Waals surface area contributed by atoms with Gasteiger partial charge in [-0.05, 0) is 36.2 Å². The first-order valence-electron chi connectivity index (χ1n) is 8.07. The van der Waals surface area contributed by atoms with Crippen molar-refractivity contribution in [2.45, 2.75) is 19.1 Å².